The van der Waals surface area contributed by atoms with E-state index >= 15 is 0 Å². The summed E-state index contributed by atoms with van der Waals surface area (Å²) in [7, 11) is 0. The van der Waals surface area contributed by atoms with Crippen LogP contribution in [0.4, 0.5) is 0 Å². The van der Waals surface area contributed by atoms with Crippen molar-refractivity contribution in [1.29, 1.82) is 0 Å². The van der Waals surface area contributed by atoms with Crippen molar-refractivity contribution in [3.63, 3.8) is 0 Å². The summed E-state index contributed by atoms with van der Waals surface area (Å²) >= 11 is 0. The van der Waals surface area contributed by atoms with Crippen LogP contribution in [0.3, 0.4) is 0 Å². The number of hydrogen-bond donors (Lipinski definition) is 29. The van der Waals surface area contributed by atoms with Crippen molar-refractivity contribution in [2.45, 2.75) is 348 Å². The van der Waals surface area contributed by atoms with E-state index < -0.39 is 371 Å². The zero-order valence-electron chi connectivity index (χ0n) is 63.4. The molecule has 10 aliphatic heterocycles. The molecule has 0 spiro atoms. The highest BCUT2D eigenvalue weighted by Crippen LogP contribution is 2.41. The van der Waals surface area contributed by atoms with Crippen LogP contribution in [-0.2, 0) is 104 Å². The van der Waals surface area contributed by atoms with Crippen molar-refractivity contribution in [3.8, 4) is 0 Å². The summed E-state index contributed by atoms with van der Waals surface area (Å²) in [5.41, 5.74) is 0. The van der Waals surface area contributed by atoms with Gasteiger partial charge >= 0.3 is 0 Å². The number of hydrogen-bond acceptors (Lipinski definition) is 48. The van der Waals surface area contributed by atoms with Crippen molar-refractivity contribution in [3.05, 3.63) is 0 Å². The fraction of sp³-hybridized carbons (Fsp3) is 0.955. The Kier molecular flexibility index (Phi) is 33.7. The number of aliphatic hydroxyl groups is 26. The minimum atomic E-state index is -2.57. The Balaban J connectivity index is 0.985. The third-order valence-corrected chi connectivity index (χ3v) is 21.9. The zero-order valence-corrected chi connectivity index (χ0v) is 63.4. The van der Waals surface area contributed by atoms with E-state index in [1.165, 1.54) is 20.8 Å². The normalized spacial score (nSPS) is 51.4. The molecule has 117 heavy (non-hydrogen) atoms. The molecule has 0 aromatic rings. The fourth-order valence-corrected chi connectivity index (χ4v) is 15.3. The average Bonchev–Trinajstić information content (AvgIpc) is 0.743. The van der Waals surface area contributed by atoms with Gasteiger partial charge in [-0.1, -0.05) is 0 Å². The lowest BCUT2D eigenvalue weighted by molar-refractivity contribution is -0.407. The number of aliphatic hydroxyl groups excluding tert-OH is 26. The average molecular weight is 1710 g/mol. The summed E-state index contributed by atoms with van der Waals surface area (Å²) in [4.78, 5) is 39.2. The quantitative estimate of drug-likeness (QED) is 0.0346. The molecule has 10 heterocycles. The lowest BCUT2D eigenvalue weighted by Gasteiger charge is -2.52. The van der Waals surface area contributed by atoms with Crippen LogP contribution in [0.2, 0.25) is 0 Å². The smallest absolute Gasteiger partial charge is 0.217 e. The molecule has 0 aromatic carbocycles. The second-order valence-corrected chi connectivity index (χ2v) is 30.2. The molecule has 51 nitrogen and oxygen atoms in total. The summed E-state index contributed by atoms with van der Waals surface area (Å²) in [5, 5.41) is 298. The van der Waals surface area contributed by atoms with Gasteiger partial charge in [0.25, 0.3) is 0 Å². The van der Waals surface area contributed by atoms with Crippen LogP contribution in [-0.4, -0.2) is 504 Å². The first-order valence-corrected chi connectivity index (χ1v) is 37.7. The number of nitrogens with one attached hydrogen (secondary N) is 3. The van der Waals surface area contributed by atoms with Crippen LogP contribution >= 0.6 is 0 Å². The summed E-state index contributed by atoms with van der Waals surface area (Å²) in [6.07, 6.45) is -95.7. The lowest BCUT2D eigenvalue weighted by atomic mass is 9.93. The van der Waals surface area contributed by atoms with Crippen LogP contribution < -0.4 is 16.0 Å². The van der Waals surface area contributed by atoms with Crippen LogP contribution in [0.25, 0.3) is 0 Å². The van der Waals surface area contributed by atoms with Crippen molar-refractivity contribution in [2.75, 3.05) is 46.2 Å². The molecule has 51 heteroatoms. The van der Waals surface area contributed by atoms with Gasteiger partial charge in [-0.05, 0) is 20.8 Å². The topological polar surface area (TPSA) is 789 Å². The maximum atomic E-state index is 13.7. The molecular formula is C66H111N3O48. The van der Waals surface area contributed by atoms with Gasteiger partial charge in [0.05, 0.1) is 64.6 Å². The first-order valence-electron chi connectivity index (χ1n) is 37.7. The van der Waals surface area contributed by atoms with Gasteiger partial charge in [0, 0.05) is 20.8 Å². The number of rotatable bonds is 28. The zero-order chi connectivity index (χ0) is 86.1. The fourth-order valence-electron chi connectivity index (χ4n) is 15.3. The molecule has 1 unspecified atom stereocenters. The maximum absolute atomic E-state index is 13.7. The second-order valence-electron chi connectivity index (χ2n) is 30.2. The van der Waals surface area contributed by atoms with E-state index in [0.717, 1.165) is 20.8 Å². The standard InChI is InChI=1S/C66H111N3O48/c1-14-30(78)39(87)45(93)60(101-14)100-13-26-51(37(85)27(57(98)104-26)67-17(4)75)111-58-28(68-18(5)76)38(86)50(23(10-73)108-58)112-64-49(97)54(36(84)25(110-64)12-99-61-46(94)42(90)33(81)20(7-70)105-61)115-66-55(43(91)34(82)22(9-72)107-66)116-59-29(69-19(6)77)53(114-62-47(95)40(88)31(79)15(2)102-62)52(24(11-74)109-59)113-65-56(44(92)35(83)21(8-71)106-65)117-63-48(96)41(89)32(80)16(3)103-63/h14-16,20-66,70-74,78-98H,7-13H2,1-6H3,(H,67,75)(H,68,76)(H,69,77)/t14-,15-,16-,20+,21+,22+,23+,24+,25+,26+,27+,28+,29+,30+,31+,32+,33+,34+,35-,36+,37+,38+,39+,40+,41+,42-,43-,44-,45-,46-,47-,48-,49-,50+,51+,52+,53+,54-,55-,56+,57?,58-,59-,60+,61-,62-,63-,64-,65-,66+/m0/s1. The molecule has 0 aliphatic carbocycles. The molecule has 10 aliphatic rings. The van der Waals surface area contributed by atoms with Crippen molar-refractivity contribution >= 4 is 17.7 Å². The third kappa shape index (κ3) is 20.9. The minimum absolute atomic E-state index is 0.826. The molecule has 0 saturated carbocycles. The Morgan fingerprint density at radius 3 is 1.01 bits per heavy atom. The molecular weight excluding hydrogens is 1600 g/mol. The third-order valence-electron chi connectivity index (χ3n) is 21.9. The Morgan fingerprint density at radius 2 is 0.538 bits per heavy atom. The highest BCUT2D eigenvalue weighted by atomic mass is 16.8. The van der Waals surface area contributed by atoms with E-state index in [4.69, 9.17) is 90.0 Å². The first-order chi connectivity index (χ1) is 55.2. The van der Waals surface area contributed by atoms with Crippen LogP contribution in [0.5, 0.6) is 0 Å². The highest BCUT2D eigenvalue weighted by Gasteiger charge is 2.62. The minimum Gasteiger partial charge on any atom is -0.394 e. The number of ether oxygens (including phenoxy) is 19. The highest BCUT2D eigenvalue weighted by molar-refractivity contribution is 5.74. The predicted molar refractivity (Wildman–Crippen MR) is 360 cm³/mol. The molecule has 678 valence electrons. The van der Waals surface area contributed by atoms with Crippen LogP contribution in [0.15, 0.2) is 0 Å². The maximum Gasteiger partial charge on any atom is 0.217 e. The summed E-state index contributed by atoms with van der Waals surface area (Å²) < 4.78 is 114. The van der Waals surface area contributed by atoms with E-state index in [9.17, 15) is 147 Å². The Labute approximate surface area is 663 Å². The van der Waals surface area contributed by atoms with E-state index in [2.05, 4.69) is 16.0 Å². The Hall–Kier alpha value is -3.39. The second kappa shape index (κ2) is 41.2. The van der Waals surface area contributed by atoms with Crippen molar-refractivity contribution in [2.24, 2.45) is 0 Å². The van der Waals surface area contributed by atoms with Gasteiger partial charge in [0.1, 0.15) is 226 Å². The number of carbonyl (C=O) groups excluding carboxylic acids is 3. The summed E-state index contributed by atoms with van der Waals surface area (Å²) in [6.45, 7) is -1.05. The van der Waals surface area contributed by atoms with E-state index in [1.807, 2.05) is 0 Å². The van der Waals surface area contributed by atoms with Gasteiger partial charge in [0.15, 0.2) is 62.9 Å². The molecule has 10 fully saturated rings. The van der Waals surface area contributed by atoms with Gasteiger partial charge in [-0.25, -0.2) is 0 Å². The van der Waals surface area contributed by atoms with Crippen LogP contribution in [0.1, 0.15) is 41.5 Å². The van der Waals surface area contributed by atoms with Crippen molar-refractivity contribution < 1.29 is 237 Å². The molecule has 50 atom stereocenters. The first kappa shape index (κ1) is 95.8. The summed E-state index contributed by atoms with van der Waals surface area (Å²) in [6, 6.07) is -5.81. The molecule has 0 bridgehead atoms. The molecule has 29 N–H and O–H groups in total. The van der Waals surface area contributed by atoms with Gasteiger partial charge in [0.2, 0.25) is 17.7 Å². The van der Waals surface area contributed by atoms with Gasteiger partial charge in [-0.3, -0.25) is 14.4 Å². The van der Waals surface area contributed by atoms with Gasteiger partial charge in [-0.2, -0.15) is 0 Å². The molecule has 3 amide bonds. The van der Waals surface area contributed by atoms with Gasteiger partial charge < -0.3 is 239 Å². The van der Waals surface area contributed by atoms with E-state index in [1.54, 1.807) is 0 Å². The van der Waals surface area contributed by atoms with E-state index in [0.29, 0.717) is 0 Å². The van der Waals surface area contributed by atoms with Crippen molar-refractivity contribution in [1.82, 2.24) is 16.0 Å². The van der Waals surface area contributed by atoms with Gasteiger partial charge in [-0.15, -0.1) is 0 Å². The van der Waals surface area contributed by atoms with E-state index in [-0.39, 0.29) is 0 Å². The Bertz CT molecular complexity index is 3120. The molecule has 10 rings (SSSR count). The number of carbonyl (C=O) groups is 3. The number of amides is 3. The molecule has 0 aromatic heterocycles. The Morgan fingerprint density at radius 1 is 0.239 bits per heavy atom. The SMILES string of the molecule is CC(=O)N[C@H]1[C@H](O[C@H]2[C@H](O)[C@@H](NC(C)=O)C(O)O[C@@H]2CO[C@@H]2O[C@@H](C)[C@@H](O)[C@@H](O)[C@@H]2O)O[C@H](CO)[C@@H](O[C@@H]2O[C@H](CO[C@H]3O[C@H](CO)[C@@H](O)[C@H](O)[C@@H]3O)[C@@H](O)[C@H](O[C@H]3O[C@H](CO)[C@@H](O)[C@H](O)[C@@H]3O[C@@H]3O[C@H](CO)[C@@H](O[C@@H]4O[C@H](CO)[C@H](O)[C@H](O)[C@H]4O[C@@H]4O[C@@H](C)[C@@H](O)[C@@H](O)[C@@H]4O)[C@H](O[C@@H]4O[C@@H](C)[C@@H](O)[C@@H](O)[C@@H]4O)[C@H]3NC(C)=O)[C@@H]2O)[C@@H]1O. The molecule has 0 radical (unpaired) electrons. The summed E-state index contributed by atoms with van der Waals surface area (Å²) in [5.74, 6) is -2.83. The largest absolute Gasteiger partial charge is 0.394 e. The van der Waals surface area contributed by atoms with Crippen LogP contribution in [0, 0.1) is 0 Å². The monoisotopic (exact) mass is 1710 g/mol. The lowest BCUT2D eigenvalue weighted by Crippen LogP contribution is -2.72. The predicted octanol–water partition coefficient (Wildman–Crippen LogP) is -19.3. The molecule has 10 saturated heterocycles.